The van der Waals surface area contributed by atoms with Gasteiger partial charge in [0.2, 0.25) is 10.0 Å². The second-order valence-corrected chi connectivity index (χ2v) is 9.05. The second-order valence-electron chi connectivity index (χ2n) is 6.66. The van der Waals surface area contributed by atoms with Crippen molar-refractivity contribution in [1.29, 1.82) is 0 Å². The molecule has 0 radical (unpaired) electrons. The van der Waals surface area contributed by atoms with Crippen LogP contribution in [0.15, 0.2) is 18.2 Å². The van der Waals surface area contributed by atoms with Gasteiger partial charge in [-0.25, -0.2) is 12.7 Å². The summed E-state index contributed by atoms with van der Waals surface area (Å²) in [6, 6.07) is 4.87. The Morgan fingerprint density at radius 1 is 1.37 bits per heavy atom. The molecule has 1 saturated heterocycles. The molecule has 1 aromatic carbocycles. The quantitative estimate of drug-likeness (QED) is 0.700. The van der Waals surface area contributed by atoms with E-state index in [1.165, 1.54) is 10.6 Å². The first-order valence-electron chi connectivity index (χ1n) is 8.95. The fourth-order valence-electron chi connectivity index (χ4n) is 2.93. The summed E-state index contributed by atoms with van der Waals surface area (Å²) in [6.45, 7) is 3.28. The third-order valence-corrected chi connectivity index (χ3v) is 6.15. The summed E-state index contributed by atoms with van der Waals surface area (Å²) in [7, 11) is -1.57. The fraction of sp³-hybridized carbons (Fsp3) is 0.611. The lowest BCUT2D eigenvalue weighted by Gasteiger charge is -2.30. The summed E-state index contributed by atoms with van der Waals surface area (Å²) in [4.78, 5) is 12.3. The van der Waals surface area contributed by atoms with Gasteiger partial charge in [0.05, 0.1) is 23.9 Å². The van der Waals surface area contributed by atoms with Crippen LogP contribution in [0.4, 0.5) is 0 Å². The number of hydrogen-bond donors (Lipinski definition) is 1. The highest BCUT2D eigenvalue weighted by Crippen LogP contribution is 2.28. The lowest BCUT2D eigenvalue weighted by molar-refractivity contribution is 0.0894. The van der Waals surface area contributed by atoms with Crippen LogP contribution < -0.4 is 10.1 Å². The van der Waals surface area contributed by atoms with Crippen LogP contribution >= 0.6 is 11.6 Å². The summed E-state index contributed by atoms with van der Waals surface area (Å²) in [6.07, 6.45) is 3.07. The second kappa shape index (κ2) is 9.73. The van der Waals surface area contributed by atoms with E-state index in [-0.39, 0.29) is 18.1 Å². The Kier molecular flexibility index (Phi) is 7.91. The standard InChI is InChI=1S/C18H27ClN2O5S/c1-4-14(12-25-2)20-18(22)13-5-6-17(16(19)11-13)26-15-7-9-21(10-8-15)27(3,23)24/h5-6,11,14-15H,4,7-10,12H2,1-3H3,(H,20,22). The molecule has 1 N–H and O–H groups in total. The molecule has 1 aromatic rings. The van der Waals surface area contributed by atoms with Crippen molar-refractivity contribution in [1.82, 2.24) is 9.62 Å². The molecule has 2 rings (SSSR count). The molecular formula is C18H27ClN2O5S. The molecule has 0 saturated carbocycles. The highest BCUT2D eigenvalue weighted by Gasteiger charge is 2.26. The molecule has 1 aliphatic heterocycles. The molecule has 1 fully saturated rings. The number of nitrogens with one attached hydrogen (secondary N) is 1. The van der Waals surface area contributed by atoms with Gasteiger partial charge < -0.3 is 14.8 Å². The van der Waals surface area contributed by atoms with Crippen molar-refractivity contribution in [3.05, 3.63) is 28.8 Å². The Bertz CT molecular complexity index is 748. The Hall–Kier alpha value is -1.35. The van der Waals surface area contributed by atoms with Crippen molar-refractivity contribution in [2.45, 2.75) is 38.3 Å². The van der Waals surface area contributed by atoms with E-state index in [2.05, 4.69) is 5.32 Å². The maximum atomic E-state index is 12.3. The van der Waals surface area contributed by atoms with Crippen molar-refractivity contribution < 1.29 is 22.7 Å². The number of methoxy groups -OCH3 is 1. The third kappa shape index (κ3) is 6.34. The van der Waals surface area contributed by atoms with E-state index in [9.17, 15) is 13.2 Å². The Morgan fingerprint density at radius 3 is 2.56 bits per heavy atom. The lowest BCUT2D eigenvalue weighted by Crippen LogP contribution is -2.41. The summed E-state index contributed by atoms with van der Waals surface area (Å²) < 4.78 is 35.6. The molecule has 0 bridgehead atoms. The number of hydrogen-bond acceptors (Lipinski definition) is 5. The Balaban J connectivity index is 1.96. The van der Waals surface area contributed by atoms with Crippen LogP contribution in [0.1, 0.15) is 36.5 Å². The molecule has 27 heavy (non-hydrogen) atoms. The number of rotatable bonds is 8. The zero-order chi connectivity index (χ0) is 20.0. The number of carbonyl (C=O) groups excluding carboxylic acids is 1. The zero-order valence-corrected chi connectivity index (χ0v) is 17.5. The van der Waals surface area contributed by atoms with Crippen molar-refractivity contribution in [2.24, 2.45) is 0 Å². The maximum Gasteiger partial charge on any atom is 0.251 e. The first-order valence-corrected chi connectivity index (χ1v) is 11.2. The van der Waals surface area contributed by atoms with Crippen molar-refractivity contribution in [2.75, 3.05) is 33.1 Å². The largest absolute Gasteiger partial charge is 0.489 e. The number of benzene rings is 1. The molecule has 1 heterocycles. The molecular weight excluding hydrogens is 392 g/mol. The van der Waals surface area contributed by atoms with Crippen LogP contribution in [-0.2, 0) is 14.8 Å². The fourth-order valence-corrected chi connectivity index (χ4v) is 4.03. The average molecular weight is 419 g/mol. The zero-order valence-electron chi connectivity index (χ0n) is 15.9. The molecule has 1 amide bonds. The third-order valence-electron chi connectivity index (χ3n) is 4.55. The average Bonchev–Trinajstić information content (AvgIpc) is 2.62. The van der Waals surface area contributed by atoms with E-state index in [1.54, 1.807) is 25.3 Å². The molecule has 1 unspecified atom stereocenters. The molecule has 9 heteroatoms. The first kappa shape index (κ1) is 21.9. The van der Waals surface area contributed by atoms with E-state index in [4.69, 9.17) is 21.1 Å². The summed E-state index contributed by atoms with van der Waals surface area (Å²) in [5.41, 5.74) is 0.453. The van der Waals surface area contributed by atoms with E-state index in [1.807, 2.05) is 6.92 Å². The van der Waals surface area contributed by atoms with Gasteiger partial charge in [0.1, 0.15) is 11.9 Å². The topological polar surface area (TPSA) is 84.9 Å². The highest BCUT2D eigenvalue weighted by molar-refractivity contribution is 7.88. The number of nitrogens with zero attached hydrogens (tertiary/aromatic N) is 1. The van der Waals surface area contributed by atoms with Gasteiger partial charge in [-0.1, -0.05) is 18.5 Å². The lowest BCUT2D eigenvalue weighted by atomic mass is 10.1. The van der Waals surface area contributed by atoms with Crippen LogP contribution in [-0.4, -0.2) is 63.8 Å². The van der Waals surface area contributed by atoms with Crippen molar-refractivity contribution in [3.8, 4) is 5.75 Å². The van der Waals surface area contributed by atoms with Gasteiger partial charge in [-0.15, -0.1) is 0 Å². The van der Waals surface area contributed by atoms with Crippen LogP contribution in [0.2, 0.25) is 5.02 Å². The monoisotopic (exact) mass is 418 g/mol. The van der Waals surface area contributed by atoms with Gasteiger partial charge >= 0.3 is 0 Å². The number of ether oxygens (including phenoxy) is 2. The summed E-state index contributed by atoms with van der Waals surface area (Å²) in [5.74, 6) is 0.281. The van der Waals surface area contributed by atoms with Crippen LogP contribution in [0.25, 0.3) is 0 Å². The van der Waals surface area contributed by atoms with Crippen molar-refractivity contribution in [3.63, 3.8) is 0 Å². The normalized spacial score (nSPS) is 17.5. The number of halogens is 1. The molecule has 0 aliphatic carbocycles. The van der Waals surface area contributed by atoms with Crippen LogP contribution in [0.5, 0.6) is 5.75 Å². The molecule has 0 spiro atoms. The summed E-state index contributed by atoms with van der Waals surface area (Å²) >= 11 is 6.29. The van der Waals surface area contributed by atoms with Crippen molar-refractivity contribution >= 4 is 27.5 Å². The first-order chi connectivity index (χ1) is 12.7. The number of piperidine rings is 1. The minimum atomic E-state index is -3.16. The number of sulfonamides is 1. The van der Waals surface area contributed by atoms with Gasteiger partial charge in [-0.05, 0) is 37.5 Å². The van der Waals surface area contributed by atoms with E-state index in [0.717, 1.165) is 6.42 Å². The Labute approximate surface area is 166 Å². The molecule has 1 atom stereocenters. The van der Waals surface area contributed by atoms with Gasteiger partial charge in [-0.3, -0.25) is 4.79 Å². The molecule has 152 valence electrons. The predicted octanol–water partition coefficient (Wildman–Crippen LogP) is 2.30. The van der Waals surface area contributed by atoms with E-state index >= 15 is 0 Å². The molecule has 7 nitrogen and oxygen atoms in total. The van der Waals surface area contributed by atoms with Crippen LogP contribution in [0.3, 0.4) is 0 Å². The van der Waals surface area contributed by atoms with E-state index in [0.29, 0.717) is 48.9 Å². The van der Waals surface area contributed by atoms with E-state index < -0.39 is 10.0 Å². The minimum absolute atomic E-state index is 0.0581. The maximum absolute atomic E-state index is 12.3. The smallest absolute Gasteiger partial charge is 0.251 e. The highest BCUT2D eigenvalue weighted by atomic mass is 35.5. The number of amides is 1. The molecule has 1 aliphatic rings. The Morgan fingerprint density at radius 2 is 2.04 bits per heavy atom. The molecule has 0 aromatic heterocycles. The number of carbonyl (C=O) groups is 1. The van der Waals surface area contributed by atoms with Crippen LogP contribution in [0, 0.1) is 0 Å². The van der Waals surface area contributed by atoms with Gasteiger partial charge in [0.15, 0.2) is 0 Å². The predicted molar refractivity (Wildman–Crippen MR) is 105 cm³/mol. The van der Waals surface area contributed by atoms with Gasteiger partial charge in [0.25, 0.3) is 5.91 Å². The van der Waals surface area contributed by atoms with Gasteiger partial charge in [0, 0.05) is 25.8 Å². The summed E-state index contributed by atoms with van der Waals surface area (Å²) in [5, 5.41) is 3.26. The SMILES string of the molecule is CCC(COC)NC(=O)c1ccc(OC2CCN(S(C)(=O)=O)CC2)c(Cl)c1. The van der Waals surface area contributed by atoms with Gasteiger partial charge in [-0.2, -0.15) is 0 Å². The minimum Gasteiger partial charge on any atom is -0.489 e.